The molecule has 1 fully saturated rings. The van der Waals surface area contributed by atoms with E-state index in [1.807, 2.05) is 0 Å². The molecule has 1 unspecified atom stereocenters. The van der Waals surface area contributed by atoms with E-state index in [4.69, 9.17) is 0 Å². The van der Waals surface area contributed by atoms with Gasteiger partial charge in [-0.1, -0.05) is 6.42 Å². The van der Waals surface area contributed by atoms with E-state index in [0.717, 1.165) is 18.8 Å². The summed E-state index contributed by atoms with van der Waals surface area (Å²) in [5.74, 6) is 0.857. The van der Waals surface area contributed by atoms with Crippen molar-refractivity contribution in [3.05, 3.63) is 0 Å². The largest absolute Gasteiger partial charge is 0.316 e. The van der Waals surface area contributed by atoms with Crippen LogP contribution >= 0.6 is 0 Å². The summed E-state index contributed by atoms with van der Waals surface area (Å²) in [6, 6.07) is 0. The van der Waals surface area contributed by atoms with Crippen LogP contribution in [0.3, 0.4) is 0 Å². The molecule has 1 aliphatic heterocycles. The number of hydrogen-bond acceptors (Lipinski definition) is 1. The molecule has 1 radical (unpaired) electrons. The molecule has 1 N–H and O–H groups in total. The van der Waals surface area contributed by atoms with Crippen molar-refractivity contribution in [1.29, 1.82) is 0 Å². The Morgan fingerprint density at radius 1 is 1.36 bits per heavy atom. The lowest BCUT2D eigenvalue weighted by Gasteiger charge is -2.22. The second kappa shape index (κ2) is 5.56. The molecule has 0 amide bonds. The van der Waals surface area contributed by atoms with Gasteiger partial charge in [0.15, 0.2) is 0 Å². The molecular weight excluding hydrogens is 138 g/mol. The minimum absolute atomic E-state index is 0.111. The summed E-state index contributed by atoms with van der Waals surface area (Å²) in [6.07, 6.45) is 5.95. The number of hydrogen-bond donors (Lipinski definition) is 1. The Morgan fingerprint density at radius 2 is 2.27 bits per heavy atom. The minimum atomic E-state index is 0.111. The molecule has 2 nitrogen and oxygen atoms in total. The summed E-state index contributed by atoms with van der Waals surface area (Å²) in [4.78, 5) is 0. The zero-order valence-electron chi connectivity index (χ0n) is 7.14. The van der Waals surface area contributed by atoms with Crippen LogP contribution in [0.15, 0.2) is 0 Å². The third-order valence-electron chi connectivity index (χ3n) is 2.41. The van der Waals surface area contributed by atoms with Crippen LogP contribution in [0.4, 0.5) is 0 Å². The number of piperidine rings is 1. The van der Waals surface area contributed by atoms with Crippen molar-refractivity contribution in [1.82, 2.24) is 5.32 Å². The standard InChI is InChI=1S/C9H18NO/c11-7-2-1-4-9-5-3-6-10-8-9/h9-10H,1-8H2. The molecule has 0 saturated carbocycles. The maximum atomic E-state index is 10.2. The lowest BCUT2D eigenvalue weighted by molar-refractivity contribution is 0.182. The molecule has 0 aromatic rings. The predicted molar refractivity (Wildman–Crippen MR) is 45.0 cm³/mol. The fraction of sp³-hybridized carbons (Fsp3) is 1.00. The Labute approximate surface area is 69.0 Å². The van der Waals surface area contributed by atoms with E-state index in [1.165, 1.54) is 32.4 Å². The number of rotatable bonds is 4. The molecular formula is C9H18NO. The van der Waals surface area contributed by atoms with E-state index in [1.54, 1.807) is 0 Å². The third-order valence-corrected chi connectivity index (χ3v) is 2.41. The van der Waals surface area contributed by atoms with Gasteiger partial charge in [-0.3, -0.25) is 0 Å². The summed E-state index contributed by atoms with van der Waals surface area (Å²) in [5.41, 5.74) is 0. The summed E-state index contributed by atoms with van der Waals surface area (Å²) in [7, 11) is 0. The Balaban J connectivity index is 1.96. The molecule has 1 heterocycles. The first-order valence-corrected chi connectivity index (χ1v) is 4.72. The summed E-state index contributed by atoms with van der Waals surface area (Å²) < 4.78 is 0. The zero-order valence-corrected chi connectivity index (χ0v) is 7.14. The lowest BCUT2D eigenvalue weighted by atomic mass is 9.94. The number of unbranched alkanes of at least 4 members (excludes halogenated alkanes) is 1. The monoisotopic (exact) mass is 156 g/mol. The van der Waals surface area contributed by atoms with Crippen LogP contribution in [0.1, 0.15) is 32.1 Å². The van der Waals surface area contributed by atoms with Gasteiger partial charge in [-0.2, -0.15) is 0 Å². The maximum absolute atomic E-state index is 10.2. The molecule has 0 aliphatic carbocycles. The van der Waals surface area contributed by atoms with Crippen molar-refractivity contribution >= 4 is 0 Å². The third kappa shape index (κ3) is 3.73. The highest BCUT2D eigenvalue weighted by Crippen LogP contribution is 2.16. The van der Waals surface area contributed by atoms with Crippen LogP contribution < -0.4 is 5.32 Å². The Kier molecular flexibility index (Phi) is 4.55. The van der Waals surface area contributed by atoms with Gasteiger partial charge in [-0.05, 0) is 44.7 Å². The van der Waals surface area contributed by atoms with Crippen LogP contribution in [0.25, 0.3) is 0 Å². The van der Waals surface area contributed by atoms with Gasteiger partial charge in [0.25, 0.3) is 0 Å². The van der Waals surface area contributed by atoms with Gasteiger partial charge >= 0.3 is 0 Å². The molecule has 0 aromatic heterocycles. The normalized spacial score (nSPS) is 25.4. The van der Waals surface area contributed by atoms with Crippen molar-refractivity contribution in [2.75, 3.05) is 19.7 Å². The fourth-order valence-electron chi connectivity index (χ4n) is 1.71. The fourth-order valence-corrected chi connectivity index (χ4v) is 1.71. The molecule has 0 spiro atoms. The van der Waals surface area contributed by atoms with E-state index < -0.39 is 0 Å². The van der Waals surface area contributed by atoms with Crippen molar-refractivity contribution in [3.8, 4) is 0 Å². The van der Waals surface area contributed by atoms with Crippen molar-refractivity contribution in [3.63, 3.8) is 0 Å². The van der Waals surface area contributed by atoms with E-state index >= 15 is 0 Å². The Bertz CT molecular complexity index is 89.6. The summed E-state index contributed by atoms with van der Waals surface area (Å²) in [6.45, 7) is 2.48. The highest BCUT2D eigenvalue weighted by molar-refractivity contribution is 4.68. The van der Waals surface area contributed by atoms with E-state index in [2.05, 4.69) is 5.32 Å². The average Bonchev–Trinajstić information content (AvgIpc) is 2.07. The zero-order chi connectivity index (χ0) is 7.94. The first kappa shape index (κ1) is 9.01. The van der Waals surface area contributed by atoms with Gasteiger partial charge in [0.05, 0.1) is 6.61 Å². The molecule has 1 aliphatic rings. The molecule has 2 heteroatoms. The molecule has 1 rings (SSSR count). The molecule has 11 heavy (non-hydrogen) atoms. The van der Waals surface area contributed by atoms with Crippen LogP contribution in [-0.4, -0.2) is 19.7 Å². The topological polar surface area (TPSA) is 31.9 Å². The van der Waals surface area contributed by atoms with Crippen molar-refractivity contribution in [2.24, 2.45) is 5.92 Å². The smallest absolute Gasteiger partial charge is 0.0822 e. The van der Waals surface area contributed by atoms with Gasteiger partial charge in [-0.25, -0.2) is 5.11 Å². The van der Waals surface area contributed by atoms with Gasteiger partial charge in [0.1, 0.15) is 0 Å². The molecule has 0 aromatic carbocycles. The van der Waals surface area contributed by atoms with Crippen LogP contribution in [0.2, 0.25) is 0 Å². The predicted octanol–water partition coefficient (Wildman–Crippen LogP) is 1.59. The summed E-state index contributed by atoms with van der Waals surface area (Å²) >= 11 is 0. The van der Waals surface area contributed by atoms with E-state index in [0.29, 0.717) is 0 Å². The first-order chi connectivity index (χ1) is 5.43. The van der Waals surface area contributed by atoms with Crippen LogP contribution in [0.5, 0.6) is 0 Å². The first-order valence-electron chi connectivity index (χ1n) is 4.72. The van der Waals surface area contributed by atoms with Gasteiger partial charge in [0, 0.05) is 0 Å². The van der Waals surface area contributed by atoms with Gasteiger partial charge < -0.3 is 5.32 Å². The second-order valence-electron chi connectivity index (χ2n) is 3.41. The molecule has 1 atom stereocenters. The SMILES string of the molecule is [O]CCCCC1CCCNC1. The van der Waals surface area contributed by atoms with E-state index in [-0.39, 0.29) is 6.61 Å². The second-order valence-corrected chi connectivity index (χ2v) is 3.41. The Hall–Kier alpha value is -0.0800. The van der Waals surface area contributed by atoms with Crippen LogP contribution in [-0.2, 0) is 5.11 Å². The molecule has 1 saturated heterocycles. The van der Waals surface area contributed by atoms with Gasteiger partial charge in [0.2, 0.25) is 0 Å². The molecule has 0 bridgehead atoms. The number of nitrogens with one attached hydrogen (secondary N) is 1. The Morgan fingerprint density at radius 3 is 2.91 bits per heavy atom. The average molecular weight is 156 g/mol. The highest BCUT2D eigenvalue weighted by atomic mass is 16.2. The van der Waals surface area contributed by atoms with Crippen molar-refractivity contribution < 1.29 is 5.11 Å². The maximum Gasteiger partial charge on any atom is 0.0822 e. The lowest BCUT2D eigenvalue weighted by Crippen LogP contribution is -2.29. The van der Waals surface area contributed by atoms with Crippen molar-refractivity contribution in [2.45, 2.75) is 32.1 Å². The highest BCUT2D eigenvalue weighted by Gasteiger charge is 2.11. The van der Waals surface area contributed by atoms with E-state index in [9.17, 15) is 5.11 Å². The summed E-state index contributed by atoms with van der Waals surface area (Å²) in [5, 5.41) is 13.5. The quantitative estimate of drug-likeness (QED) is 0.616. The van der Waals surface area contributed by atoms with Crippen LogP contribution in [0, 0.1) is 5.92 Å². The minimum Gasteiger partial charge on any atom is -0.316 e. The molecule has 65 valence electrons. The van der Waals surface area contributed by atoms with Gasteiger partial charge in [-0.15, -0.1) is 0 Å².